The smallest absolute Gasteiger partial charge is 0.269 e. The molecule has 3 aromatic heterocycles. The highest BCUT2D eigenvalue weighted by atomic mass is 35.5. The number of aromatic nitrogens is 3. The number of nitrogen functional groups attached to an aromatic ring is 1. The second-order valence-corrected chi connectivity index (χ2v) is 6.67. The van der Waals surface area contributed by atoms with Crippen LogP contribution in [0.15, 0.2) is 48.8 Å². The lowest BCUT2D eigenvalue weighted by molar-refractivity contribution is 0.0958. The third-order valence-corrected chi connectivity index (χ3v) is 4.72. The van der Waals surface area contributed by atoms with Gasteiger partial charge in [-0.3, -0.25) is 14.8 Å². The summed E-state index contributed by atoms with van der Waals surface area (Å²) in [6.07, 6.45) is 3.19. The molecule has 0 fully saturated rings. The van der Waals surface area contributed by atoms with Gasteiger partial charge in [0.2, 0.25) is 0 Å². The number of rotatable bonds is 4. The quantitative estimate of drug-likeness (QED) is 0.405. The third kappa shape index (κ3) is 3.45. The number of anilines is 3. The number of fused-ring (bicyclic) bond motifs is 1. The van der Waals surface area contributed by atoms with Crippen molar-refractivity contribution in [3.8, 4) is 11.3 Å². The summed E-state index contributed by atoms with van der Waals surface area (Å²) in [5, 5.41) is 6.51. The number of nitrogens with two attached hydrogens (primary N) is 1. The molecule has 0 radical (unpaired) electrons. The summed E-state index contributed by atoms with van der Waals surface area (Å²) in [7, 11) is 1.54. The Morgan fingerprint density at radius 1 is 1.17 bits per heavy atom. The molecule has 0 spiro atoms. The molecule has 4 rings (SSSR count). The Balaban J connectivity index is 1.80. The van der Waals surface area contributed by atoms with Crippen molar-refractivity contribution < 1.29 is 9.18 Å². The molecule has 0 bridgehead atoms. The summed E-state index contributed by atoms with van der Waals surface area (Å²) >= 11 is 5.87. The first kappa shape index (κ1) is 18.7. The number of nitrogens with zero attached hydrogens (tertiary/aromatic N) is 2. The highest BCUT2D eigenvalue weighted by Gasteiger charge is 2.16. The summed E-state index contributed by atoms with van der Waals surface area (Å²) in [6.45, 7) is 0. The van der Waals surface area contributed by atoms with Gasteiger partial charge in [-0.05, 0) is 36.4 Å². The molecule has 0 aliphatic heterocycles. The zero-order chi connectivity index (χ0) is 20.5. The lowest BCUT2D eigenvalue weighted by Gasteiger charge is -2.08. The minimum atomic E-state index is -0.500. The highest BCUT2D eigenvalue weighted by Crippen LogP contribution is 2.36. The molecule has 0 saturated heterocycles. The van der Waals surface area contributed by atoms with E-state index in [9.17, 15) is 9.18 Å². The molecule has 0 aliphatic carbocycles. The van der Waals surface area contributed by atoms with Crippen molar-refractivity contribution in [3.63, 3.8) is 0 Å². The van der Waals surface area contributed by atoms with Gasteiger partial charge in [-0.2, -0.15) is 0 Å². The van der Waals surface area contributed by atoms with Crippen molar-refractivity contribution in [1.82, 2.24) is 20.3 Å². The molecule has 1 aromatic carbocycles. The average Bonchev–Trinajstić information content (AvgIpc) is 3.05. The Labute approximate surface area is 170 Å². The zero-order valence-corrected chi connectivity index (χ0v) is 16.0. The van der Waals surface area contributed by atoms with Crippen molar-refractivity contribution in [3.05, 3.63) is 65.3 Å². The number of carbonyl (C=O) groups is 1. The Bertz CT molecular complexity index is 1240. The maximum Gasteiger partial charge on any atom is 0.269 e. The van der Waals surface area contributed by atoms with Crippen LogP contribution in [0.1, 0.15) is 10.5 Å². The van der Waals surface area contributed by atoms with Gasteiger partial charge < -0.3 is 21.4 Å². The Kier molecular flexibility index (Phi) is 4.77. The minimum Gasteiger partial charge on any atom is -0.384 e. The van der Waals surface area contributed by atoms with Gasteiger partial charge in [0.15, 0.2) is 0 Å². The second-order valence-electron chi connectivity index (χ2n) is 6.26. The fraction of sp³-hybridized carbons (Fsp3) is 0.0500. The van der Waals surface area contributed by atoms with Crippen LogP contribution in [-0.2, 0) is 0 Å². The van der Waals surface area contributed by atoms with Crippen LogP contribution < -0.4 is 16.4 Å². The molecule has 1 amide bonds. The first-order valence-corrected chi connectivity index (χ1v) is 9.02. The Hall–Kier alpha value is -3.65. The number of halogens is 2. The molecule has 5 N–H and O–H groups in total. The van der Waals surface area contributed by atoms with Crippen molar-refractivity contribution in [2.75, 3.05) is 18.1 Å². The van der Waals surface area contributed by atoms with Gasteiger partial charge in [0, 0.05) is 36.1 Å². The molecule has 9 heteroatoms. The van der Waals surface area contributed by atoms with E-state index in [1.807, 2.05) is 0 Å². The van der Waals surface area contributed by atoms with Crippen LogP contribution in [0.4, 0.5) is 21.6 Å². The number of nitrogens with one attached hydrogen (secondary N) is 3. The van der Waals surface area contributed by atoms with Crippen molar-refractivity contribution in [2.24, 2.45) is 0 Å². The number of hydrogen-bond acceptors (Lipinski definition) is 5. The number of benzene rings is 1. The SMILES string of the molecule is CNC(=O)c1cc(-c2nccc3c(Nc4ccc(F)c(Cl)c4)c(N)[nH]c23)ccn1. The molecule has 0 saturated carbocycles. The lowest BCUT2D eigenvalue weighted by atomic mass is 10.1. The van der Waals surface area contributed by atoms with E-state index in [-0.39, 0.29) is 16.6 Å². The fourth-order valence-corrected chi connectivity index (χ4v) is 3.22. The molecular formula is C20H16ClFN6O. The van der Waals surface area contributed by atoms with E-state index in [1.54, 1.807) is 43.7 Å². The molecular weight excluding hydrogens is 395 g/mol. The monoisotopic (exact) mass is 410 g/mol. The van der Waals surface area contributed by atoms with Gasteiger partial charge in [-0.1, -0.05) is 11.6 Å². The zero-order valence-electron chi connectivity index (χ0n) is 15.3. The lowest BCUT2D eigenvalue weighted by Crippen LogP contribution is -2.19. The number of hydrogen-bond donors (Lipinski definition) is 4. The van der Waals surface area contributed by atoms with E-state index in [1.165, 1.54) is 12.1 Å². The average molecular weight is 411 g/mol. The van der Waals surface area contributed by atoms with Gasteiger partial charge in [0.05, 0.1) is 21.9 Å². The van der Waals surface area contributed by atoms with E-state index in [4.69, 9.17) is 17.3 Å². The van der Waals surface area contributed by atoms with Crippen molar-refractivity contribution in [2.45, 2.75) is 0 Å². The fourth-order valence-electron chi connectivity index (χ4n) is 3.04. The van der Waals surface area contributed by atoms with Crippen LogP contribution in [0.5, 0.6) is 0 Å². The molecule has 7 nitrogen and oxygen atoms in total. The number of amides is 1. The standard InChI is InChI=1S/C20H16ClFN6O/c1-24-20(29)15-8-10(4-6-25-15)16-17-12(5-7-26-16)18(19(23)28-17)27-11-2-3-14(22)13(21)9-11/h2-9,27-28H,23H2,1H3,(H,24,29). The van der Waals surface area contributed by atoms with Gasteiger partial charge in [0.1, 0.15) is 17.3 Å². The van der Waals surface area contributed by atoms with Gasteiger partial charge in [0.25, 0.3) is 5.91 Å². The third-order valence-electron chi connectivity index (χ3n) is 4.43. The van der Waals surface area contributed by atoms with E-state index in [0.717, 1.165) is 5.39 Å². The molecule has 0 atom stereocenters. The predicted octanol–water partition coefficient (Wildman–Crippen LogP) is 4.10. The van der Waals surface area contributed by atoms with Crippen LogP contribution >= 0.6 is 11.6 Å². The van der Waals surface area contributed by atoms with E-state index >= 15 is 0 Å². The van der Waals surface area contributed by atoms with Gasteiger partial charge in [-0.15, -0.1) is 0 Å². The van der Waals surface area contributed by atoms with Crippen LogP contribution in [0.2, 0.25) is 5.02 Å². The predicted molar refractivity (Wildman–Crippen MR) is 112 cm³/mol. The van der Waals surface area contributed by atoms with Crippen LogP contribution in [-0.4, -0.2) is 27.9 Å². The first-order valence-electron chi connectivity index (χ1n) is 8.64. The topological polar surface area (TPSA) is 109 Å². The number of H-pyrrole nitrogens is 1. The van der Waals surface area contributed by atoms with Gasteiger partial charge >= 0.3 is 0 Å². The van der Waals surface area contributed by atoms with E-state index in [0.29, 0.717) is 34.0 Å². The van der Waals surface area contributed by atoms with Crippen LogP contribution in [0, 0.1) is 5.82 Å². The molecule has 146 valence electrons. The summed E-state index contributed by atoms with van der Waals surface area (Å²) in [5.41, 5.74) is 9.69. The summed E-state index contributed by atoms with van der Waals surface area (Å²) < 4.78 is 13.4. The Morgan fingerprint density at radius 2 is 1.97 bits per heavy atom. The summed E-state index contributed by atoms with van der Waals surface area (Å²) in [4.78, 5) is 23.6. The molecule has 0 unspecified atom stereocenters. The second kappa shape index (κ2) is 7.40. The first-order chi connectivity index (χ1) is 14.0. The normalized spacial score (nSPS) is 10.9. The largest absolute Gasteiger partial charge is 0.384 e. The molecule has 4 aromatic rings. The number of pyridine rings is 2. The molecule has 29 heavy (non-hydrogen) atoms. The highest BCUT2D eigenvalue weighted by molar-refractivity contribution is 6.31. The minimum absolute atomic E-state index is 0.00860. The number of aromatic amines is 1. The maximum atomic E-state index is 13.4. The van der Waals surface area contributed by atoms with Crippen LogP contribution in [0.25, 0.3) is 22.2 Å². The molecule has 0 aliphatic rings. The van der Waals surface area contributed by atoms with Crippen LogP contribution in [0.3, 0.4) is 0 Å². The van der Waals surface area contributed by atoms with Crippen molar-refractivity contribution in [1.29, 1.82) is 0 Å². The van der Waals surface area contributed by atoms with E-state index < -0.39 is 5.82 Å². The van der Waals surface area contributed by atoms with Gasteiger partial charge in [-0.25, -0.2) is 4.39 Å². The Morgan fingerprint density at radius 3 is 2.72 bits per heavy atom. The molecule has 3 heterocycles. The summed E-state index contributed by atoms with van der Waals surface area (Å²) in [5.74, 6) is -0.406. The van der Waals surface area contributed by atoms with Crippen molar-refractivity contribution >= 4 is 45.6 Å². The number of carbonyl (C=O) groups excluding carboxylic acids is 1. The van der Waals surface area contributed by atoms with E-state index in [2.05, 4.69) is 25.6 Å². The summed E-state index contributed by atoms with van der Waals surface area (Å²) in [6, 6.07) is 9.55. The maximum absolute atomic E-state index is 13.4.